The second-order valence-corrected chi connectivity index (χ2v) is 12.7. The van der Waals surface area contributed by atoms with Crippen LogP contribution in [0.25, 0.3) is 0 Å². The van der Waals surface area contributed by atoms with Gasteiger partial charge in [0, 0.05) is 21.0 Å². The molecule has 4 aromatic rings. The van der Waals surface area contributed by atoms with E-state index in [0.717, 1.165) is 33.1 Å². The lowest BCUT2D eigenvalue weighted by Crippen LogP contribution is -2.33. The number of amides is 3. The van der Waals surface area contributed by atoms with Crippen molar-refractivity contribution in [2.45, 2.75) is 29.7 Å². The quantitative estimate of drug-likeness (QED) is 0.290. The average molecular weight is 639 g/mol. The number of aryl methyl sites for hydroxylation is 1. The van der Waals surface area contributed by atoms with Gasteiger partial charge >= 0.3 is 4.87 Å². The molecule has 2 aliphatic heterocycles. The van der Waals surface area contributed by atoms with Crippen LogP contribution in [0.3, 0.4) is 0 Å². The van der Waals surface area contributed by atoms with E-state index in [0.29, 0.717) is 26.8 Å². The van der Waals surface area contributed by atoms with Gasteiger partial charge in [-0.2, -0.15) is 0 Å². The number of thioether (sulfide) groups is 1. The fourth-order valence-electron chi connectivity index (χ4n) is 5.11. The molecule has 40 heavy (non-hydrogen) atoms. The van der Waals surface area contributed by atoms with Gasteiger partial charge in [0.25, 0.3) is 0 Å². The number of aromatic nitrogens is 1. The van der Waals surface area contributed by atoms with Crippen molar-refractivity contribution in [1.82, 2.24) is 4.57 Å². The lowest BCUT2D eigenvalue weighted by Gasteiger charge is -2.30. The van der Waals surface area contributed by atoms with Crippen LogP contribution >= 0.6 is 39.0 Å². The van der Waals surface area contributed by atoms with Crippen molar-refractivity contribution >= 4 is 68.1 Å². The Morgan fingerprint density at radius 2 is 1.62 bits per heavy atom. The summed E-state index contributed by atoms with van der Waals surface area (Å²) in [6.07, 6.45) is 0. The summed E-state index contributed by atoms with van der Waals surface area (Å²) in [4.78, 5) is 55.2. The fourth-order valence-corrected chi connectivity index (χ4v) is 8.15. The van der Waals surface area contributed by atoms with Gasteiger partial charge in [0.15, 0.2) is 0 Å². The summed E-state index contributed by atoms with van der Waals surface area (Å²) in [6.45, 7) is 1.69. The second-order valence-electron chi connectivity index (χ2n) is 9.62. The van der Waals surface area contributed by atoms with Gasteiger partial charge in [-0.25, -0.2) is 9.29 Å². The number of fused-ring (bicyclic) bond motifs is 2. The molecule has 0 saturated carbocycles. The van der Waals surface area contributed by atoms with E-state index in [9.17, 15) is 23.6 Å². The number of thiazole rings is 1. The molecule has 2 aliphatic rings. The van der Waals surface area contributed by atoms with Crippen LogP contribution in [-0.4, -0.2) is 27.5 Å². The first-order valence-corrected chi connectivity index (χ1v) is 14.9. The molecule has 1 aromatic heterocycles. The largest absolute Gasteiger partial charge is 0.325 e. The Balaban J connectivity index is 1.40. The van der Waals surface area contributed by atoms with Crippen LogP contribution in [0.1, 0.15) is 21.9 Å². The van der Waals surface area contributed by atoms with Gasteiger partial charge in [-0.05, 0) is 61.0 Å². The molecule has 7 nitrogen and oxygen atoms in total. The van der Waals surface area contributed by atoms with Gasteiger partial charge in [-0.15, -0.1) is 0 Å². The maximum Gasteiger partial charge on any atom is 0.308 e. The lowest BCUT2D eigenvalue weighted by atomic mass is 9.83. The summed E-state index contributed by atoms with van der Waals surface area (Å²) in [7, 11) is 0. The predicted octanol–water partition coefficient (Wildman–Crippen LogP) is 5.55. The number of halogens is 2. The van der Waals surface area contributed by atoms with E-state index in [-0.39, 0.29) is 17.3 Å². The minimum Gasteiger partial charge on any atom is -0.325 e. The van der Waals surface area contributed by atoms with Gasteiger partial charge in [-0.3, -0.25) is 23.7 Å². The van der Waals surface area contributed by atoms with Crippen molar-refractivity contribution in [2.24, 2.45) is 5.92 Å². The van der Waals surface area contributed by atoms with Crippen LogP contribution in [0.4, 0.5) is 15.8 Å². The zero-order valence-corrected chi connectivity index (χ0v) is 24.2. The monoisotopic (exact) mass is 637 g/mol. The van der Waals surface area contributed by atoms with Crippen molar-refractivity contribution < 1.29 is 18.8 Å². The molecule has 202 valence electrons. The smallest absolute Gasteiger partial charge is 0.308 e. The zero-order valence-electron chi connectivity index (χ0n) is 21.0. The van der Waals surface area contributed by atoms with Gasteiger partial charge < -0.3 is 5.32 Å². The van der Waals surface area contributed by atoms with Crippen LogP contribution in [0.2, 0.25) is 0 Å². The summed E-state index contributed by atoms with van der Waals surface area (Å²) in [6, 6.07) is 20.0. The summed E-state index contributed by atoms with van der Waals surface area (Å²) in [5, 5.41) is 2.46. The molecule has 11 heteroatoms. The molecule has 0 bridgehead atoms. The second kappa shape index (κ2) is 10.5. The van der Waals surface area contributed by atoms with Crippen molar-refractivity contribution in [3.05, 3.63) is 109 Å². The standard InChI is InChI=1S/C29H21BrFN3O4S2/c1-15-2-10-19(11-3-15)32-21(35)14-33-28-25(40-29(33)38)22(16-4-8-18(31)9-5-16)23-24(39-28)27(37)34(26(23)36)20-12-6-17(30)7-13-20/h2-13,22-24H,14H2,1H3,(H,32,35)/t22-,23?,24?/m0/s1. The number of hydrogen-bond acceptors (Lipinski definition) is 6. The average Bonchev–Trinajstić information content (AvgIpc) is 3.37. The van der Waals surface area contributed by atoms with Gasteiger partial charge in [0.2, 0.25) is 17.7 Å². The number of carbonyl (C=O) groups excluding carboxylic acids is 3. The van der Waals surface area contributed by atoms with E-state index in [1.165, 1.54) is 21.6 Å². The normalized spacial score (nSPS) is 19.9. The predicted molar refractivity (Wildman–Crippen MR) is 156 cm³/mol. The molecular formula is C29H21BrFN3O4S2. The maximum atomic E-state index is 13.9. The third kappa shape index (κ3) is 4.71. The first-order chi connectivity index (χ1) is 19.2. The van der Waals surface area contributed by atoms with E-state index in [2.05, 4.69) is 21.2 Å². The molecular weight excluding hydrogens is 617 g/mol. The van der Waals surface area contributed by atoms with Crippen LogP contribution in [-0.2, 0) is 20.9 Å². The summed E-state index contributed by atoms with van der Waals surface area (Å²) >= 11 is 5.47. The highest BCUT2D eigenvalue weighted by Gasteiger charge is 2.56. The highest BCUT2D eigenvalue weighted by molar-refractivity contribution is 9.10. The van der Waals surface area contributed by atoms with Crippen molar-refractivity contribution in [3.8, 4) is 0 Å². The van der Waals surface area contributed by atoms with Crippen molar-refractivity contribution in [2.75, 3.05) is 10.2 Å². The number of carbonyl (C=O) groups is 3. The van der Waals surface area contributed by atoms with E-state index >= 15 is 0 Å². The lowest BCUT2D eigenvalue weighted by molar-refractivity contribution is -0.122. The molecule has 0 spiro atoms. The highest BCUT2D eigenvalue weighted by Crippen LogP contribution is 2.53. The molecule has 3 aromatic carbocycles. The highest BCUT2D eigenvalue weighted by atomic mass is 79.9. The number of rotatable bonds is 5. The number of hydrogen-bond donors (Lipinski definition) is 1. The zero-order chi connectivity index (χ0) is 28.1. The van der Waals surface area contributed by atoms with E-state index in [1.807, 2.05) is 19.1 Å². The molecule has 0 aliphatic carbocycles. The number of nitrogens with zero attached hydrogens (tertiary/aromatic N) is 2. The summed E-state index contributed by atoms with van der Waals surface area (Å²) in [5.41, 5.74) is 2.72. The number of anilines is 2. The number of imide groups is 1. The Morgan fingerprint density at radius 3 is 2.30 bits per heavy atom. The summed E-state index contributed by atoms with van der Waals surface area (Å²) < 4.78 is 16.0. The first-order valence-electron chi connectivity index (χ1n) is 12.4. The third-order valence-electron chi connectivity index (χ3n) is 7.00. The van der Waals surface area contributed by atoms with Crippen LogP contribution in [0, 0.1) is 18.7 Å². The van der Waals surface area contributed by atoms with Crippen LogP contribution < -0.4 is 15.1 Å². The minimum absolute atomic E-state index is 0.252. The molecule has 6 rings (SSSR count). The van der Waals surface area contributed by atoms with Crippen LogP contribution in [0.15, 0.2) is 87.1 Å². The topological polar surface area (TPSA) is 88.5 Å². The Morgan fingerprint density at radius 1 is 0.950 bits per heavy atom. The molecule has 1 fully saturated rings. The first kappa shape index (κ1) is 26.7. The van der Waals surface area contributed by atoms with Crippen LogP contribution in [0.5, 0.6) is 0 Å². The molecule has 1 N–H and O–H groups in total. The Labute approximate surface area is 245 Å². The van der Waals surface area contributed by atoms with E-state index in [4.69, 9.17) is 0 Å². The number of benzene rings is 3. The minimum atomic E-state index is -0.820. The maximum absolute atomic E-state index is 13.9. The molecule has 3 amide bonds. The van der Waals surface area contributed by atoms with E-state index in [1.54, 1.807) is 48.5 Å². The fraction of sp³-hybridized carbons (Fsp3) is 0.172. The van der Waals surface area contributed by atoms with Crippen molar-refractivity contribution in [3.63, 3.8) is 0 Å². The Kier molecular flexibility index (Phi) is 6.97. The van der Waals surface area contributed by atoms with Gasteiger partial charge in [0.05, 0.1) is 16.6 Å². The Hall–Kier alpha value is -3.54. The number of nitrogens with one attached hydrogen (secondary N) is 1. The van der Waals surface area contributed by atoms with Gasteiger partial charge in [0.1, 0.15) is 17.6 Å². The molecule has 0 radical (unpaired) electrons. The van der Waals surface area contributed by atoms with Gasteiger partial charge in [-0.1, -0.05) is 68.9 Å². The SMILES string of the molecule is Cc1ccc(NC(=O)Cn2c3c(sc2=O)[C@@H](c2ccc(F)cc2)C2C(=O)N(c4ccc(Br)cc4)C(=O)C2S3)cc1. The van der Waals surface area contributed by atoms with E-state index < -0.39 is 34.7 Å². The van der Waals surface area contributed by atoms with Crippen molar-refractivity contribution in [1.29, 1.82) is 0 Å². The summed E-state index contributed by atoms with van der Waals surface area (Å²) in [5.74, 6) is -3.05. The Bertz CT molecular complexity index is 1700. The molecule has 1 saturated heterocycles. The third-order valence-corrected chi connectivity index (χ3v) is 10.1. The molecule has 2 unspecified atom stereocenters. The molecule has 3 heterocycles. The molecule has 3 atom stereocenters.